The molecule has 0 aliphatic heterocycles. The first-order chi connectivity index (χ1) is 7.16. The molecule has 15 heavy (non-hydrogen) atoms. The van der Waals surface area contributed by atoms with E-state index in [1.165, 1.54) is 12.8 Å². The van der Waals surface area contributed by atoms with Crippen LogP contribution < -0.4 is 5.32 Å². The number of benzene rings is 1. The van der Waals surface area contributed by atoms with Gasteiger partial charge in [0.25, 0.3) is 0 Å². The molecule has 1 aromatic carbocycles. The molecule has 2 rings (SSSR count). The monoisotopic (exact) mass is 215 g/mol. The summed E-state index contributed by atoms with van der Waals surface area (Å²) in [5.74, 6) is -1.94. The summed E-state index contributed by atoms with van der Waals surface area (Å²) in [6.07, 6.45) is 3.32. The predicted octanol–water partition coefficient (Wildman–Crippen LogP) is 3.32. The van der Waals surface area contributed by atoms with Crippen LogP contribution in [0.5, 0.6) is 0 Å². The first kappa shape index (κ1) is 10.3. The quantitative estimate of drug-likeness (QED) is 0.812. The Hall–Kier alpha value is -1.19. The molecular formula is C11H12F3N. The zero-order chi connectivity index (χ0) is 10.8. The number of anilines is 1. The second-order valence-electron chi connectivity index (χ2n) is 3.90. The Balaban J connectivity index is 1.99. The Bertz CT molecular complexity index is 338. The van der Waals surface area contributed by atoms with Gasteiger partial charge in [0.15, 0.2) is 11.6 Å². The van der Waals surface area contributed by atoms with E-state index in [9.17, 15) is 13.2 Å². The zero-order valence-electron chi connectivity index (χ0n) is 8.19. The summed E-state index contributed by atoms with van der Waals surface area (Å²) in [7, 11) is 0. The van der Waals surface area contributed by atoms with Gasteiger partial charge in [-0.1, -0.05) is 12.8 Å². The van der Waals surface area contributed by atoms with E-state index in [-0.39, 0.29) is 5.69 Å². The molecule has 0 spiro atoms. The third kappa shape index (κ3) is 2.64. The number of hydrogen-bond donors (Lipinski definition) is 1. The van der Waals surface area contributed by atoms with Crippen molar-refractivity contribution in [1.82, 2.24) is 0 Å². The van der Waals surface area contributed by atoms with Gasteiger partial charge in [-0.25, -0.2) is 13.2 Å². The van der Waals surface area contributed by atoms with Crippen LogP contribution in [0.3, 0.4) is 0 Å². The topological polar surface area (TPSA) is 12.0 Å². The van der Waals surface area contributed by atoms with Crippen molar-refractivity contribution in [3.8, 4) is 0 Å². The zero-order valence-corrected chi connectivity index (χ0v) is 8.19. The minimum atomic E-state index is -0.891. The summed E-state index contributed by atoms with van der Waals surface area (Å²) >= 11 is 0. The average Bonchev–Trinajstić information content (AvgIpc) is 2.93. The fourth-order valence-corrected chi connectivity index (χ4v) is 1.52. The second kappa shape index (κ2) is 4.13. The maximum atomic E-state index is 13.1. The number of nitrogens with one attached hydrogen (secondary N) is 1. The highest BCUT2D eigenvalue weighted by Crippen LogP contribution is 2.32. The van der Waals surface area contributed by atoms with Gasteiger partial charge in [-0.2, -0.15) is 0 Å². The van der Waals surface area contributed by atoms with Crippen molar-refractivity contribution in [3.63, 3.8) is 0 Å². The third-order valence-corrected chi connectivity index (χ3v) is 2.56. The van der Waals surface area contributed by atoms with Crippen LogP contribution in [0, 0.1) is 23.4 Å². The van der Waals surface area contributed by atoms with E-state index in [2.05, 4.69) is 5.32 Å². The van der Waals surface area contributed by atoms with Gasteiger partial charge in [0.2, 0.25) is 0 Å². The Morgan fingerprint density at radius 1 is 1.13 bits per heavy atom. The van der Waals surface area contributed by atoms with Crippen molar-refractivity contribution in [1.29, 1.82) is 0 Å². The lowest BCUT2D eigenvalue weighted by atomic mass is 10.2. The third-order valence-electron chi connectivity index (χ3n) is 2.56. The van der Waals surface area contributed by atoms with Crippen LogP contribution in [-0.2, 0) is 0 Å². The summed E-state index contributed by atoms with van der Waals surface area (Å²) in [6.45, 7) is 0.532. The van der Waals surface area contributed by atoms with Gasteiger partial charge in [-0.3, -0.25) is 0 Å². The van der Waals surface area contributed by atoms with E-state index in [0.29, 0.717) is 24.6 Å². The van der Waals surface area contributed by atoms with Crippen LogP contribution in [0.4, 0.5) is 18.9 Å². The molecule has 0 amide bonds. The maximum Gasteiger partial charge on any atom is 0.152 e. The van der Waals surface area contributed by atoms with Gasteiger partial charge in [0.05, 0.1) is 0 Å². The largest absolute Gasteiger partial charge is 0.380 e. The summed E-state index contributed by atoms with van der Waals surface area (Å²) in [5, 5.41) is 2.66. The van der Waals surface area contributed by atoms with E-state index < -0.39 is 17.5 Å². The van der Waals surface area contributed by atoms with Crippen LogP contribution in [-0.4, -0.2) is 6.54 Å². The molecule has 0 heterocycles. The van der Waals surface area contributed by atoms with Crippen molar-refractivity contribution < 1.29 is 13.2 Å². The molecule has 1 N–H and O–H groups in total. The van der Waals surface area contributed by atoms with Crippen LogP contribution >= 0.6 is 0 Å². The van der Waals surface area contributed by atoms with Gasteiger partial charge < -0.3 is 5.32 Å². The summed E-state index contributed by atoms with van der Waals surface area (Å²) in [5.41, 5.74) is -0.225. The number of rotatable bonds is 4. The van der Waals surface area contributed by atoms with Gasteiger partial charge in [0.1, 0.15) is 11.5 Å². The Labute approximate surface area is 86.3 Å². The fourth-order valence-electron chi connectivity index (χ4n) is 1.52. The standard InChI is InChI=1S/C11H12F3N/c12-8-5-9(13)11(10(14)6-8)15-4-3-7-1-2-7/h5-7,15H,1-4H2. The minimum absolute atomic E-state index is 0.225. The van der Waals surface area contributed by atoms with Crippen molar-refractivity contribution >= 4 is 5.69 Å². The smallest absolute Gasteiger partial charge is 0.152 e. The normalized spacial score (nSPS) is 15.4. The molecular weight excluding hydrogens is 203 g/mol. The predicted molar refractivity (Wildman–Crippen MR) is 52.1 cm³/mol. The molecule has 1 nitrogen and oxygen atoms in total. The van der Waals surface area contributed by atoms with Gasteiger partial charge in [0, 0.05) is 18.7 Å². The molecule has 0 bridgehead atoms. The average molecular weight is 215 g/mol. The first-order valence-electron chi connectivity index (χ1n) is 5.05. The molecule has 0 saturated heterocycles. The molecule has 1 aliphatic rings. The summed E-state index contributed by atoms with van der Waals surface area (Å²) in [4.78, 5) is 0. The highest BCUT2D eigenvalue weighted by Gasteiger charge is 2.20. The number of halogens is 3. The Kier molecular flexibility index (Phi) is 2.84. The van der Waals surface area contributed by atoms with E-state index in [0.717, 1.165) is 6.42 Å². The fraction of sp³-hybridized carbons (Fsp3) is 0.455. The number of hydrogen-bond acceptors (Lipinski definition) is 1. The lowest BCUT2D eigenvalue weighted by molar-refractivity contribution is 0.546. The molecule has 1 saturated carbocycles. The molecule has 0 atom stereocenters. The van der Waals surface area contributed by atoms with Crippen LogP contribution in [0.25, 0.3) is 0 Å². The van der Waals surface area contributed by atoms with Crippen LogP contribution in [0.15, 0.2) is 12.1 Å². The van der Waals surface area contributed by atoms with Crippen LogP contribution in [0.2, 0.25) is 0 Å². The van der Waals surface area contributed by atoms with Gasteiger partial charge in [-0.05, 0) is 12.3 Å². The van der Waals surface area contributed by atoms with Crippen molar-refractivity contribution in [2.75, 3.05) is 11.9 Å². The molecule has 82 valence electrons. The van der Waals surface area contributed by atoms with E-state index in [1.807, 2.05) is 0 Å². The summed E-state index contributed by atoms with van der Waals surface area (Å²) in [6, 6.07) is 1.37. The van der Waals surface area contributed by atoms with Gasteiger partial charge in [-0.15, -0.1) is 0 Å². The van der Waals surface area contributed by atoms with E-state index in [1.54, 1.807) is 0 Å². The first-order valence-corrected chi connectivity index (χ1v) is 5.05. The lowest BCUT2D eigenvalue weighted by Gasteiger charge is -2.08. The molecule has 1 fully saturated rings. The van der Waals surface area contributed by atoms with Gasteiger partial charge >= 0.3 is 0 Å². The minimum Gasteiger partial charge on any atom is -0.380 e. The van der Waals surface area contributed by atoms with Crippen LogP contribution in [0.1, 0.15) is 19.3 Å². The van der Waals surface area contributed by atoms with Crippen molar-refractivity contribution in [3.05, 3.63) is 29.6 Å². The Morgan fingerprint density at radius 3 is 2.27 bits per heavy atom. The highest BCUT2D eigenvalue weighted by molar-refractivity contribution is 5.46. The molecule has 4 heteroatoms. The molecule has 0 radical (unpaired) electrons. The van der Waals surface area contributed by atoms with E-state index in [4.69, 9.17) is 0 Å². The SMILES string of the molecule is Fc1cc(F)c(NCCC2CC2)c(F)c1. The second-order valence-corrected chi connectivity index (χ2v) is 3.90. The highest BCUT2D eigenvalue weighted by atomic mass is 19.1. The van der Waals surface area contributed by atoms with E-state index >= 15 is 0 Å². The maximum absolute atomic E-state index is 13.1. The van der Waals surface area contributed by atoms with Crippen molar-refractivity contribution in [2.45, 2.75) is 19.3 Å². The van der Waals surface area contributed by atoms with Crippen molar-refractivity contribution in [2.24, 2.45) is 5.92 Å². The summed E-state index contributed by atoms with van der Waals surface area (Å²) < 4.78 is 38.8. The lowest BCUT2D eigenvalue weighted by Crippen LogP contribution is -2.06. The molecule has 0 unspecified atom stereocenters. The molecule has 0 aromatic heterocycles. The Morgan fingerprint density at radius 2 is 1.73 bits per heavy atom. The molecule has 1 aromatic rings. The molecule has 1 aliphatic carbocycles.